The van der Waals surface area contributed by atoms with Crippen molar-refractivity contribution in [3.05, 3.63) is 12.2 Å². The number of Topliss-reactive ketones (excluding diaryl/α,β-unsaturated/α-hetero) is 1. The monoisotopic (exact) mass is 229 g/mol. The molecule has 0 saturated heterocycles. The van der Waals surface area contributed by atoms with Crippen LogP contribution in [0.2, 0.25) is 0 Å². The Morgan fingerprint density at radius 3 is 2.93 bits per heavy atom. The van der Waals surface area contributed by atoms with Gasteiger partial charge >= 0.3 is 0 Å². The third kappa shape index (κ3) is 3.63. The quantitative estimate of drug-likeness (QED) is 0.701. The van der Waals surface area contributed by atoms with Crippen molar-refractivity contribution in [1.82, 2.24) is 14.8 Å². The van der Waals surface area contributed by atoms with Crippen LogP contribution >= 0.6 is 11.6 Å². The Labute approximate surface area is 94.6 Å². The van der Waals surface area contributed by atoms with Crippen LogP contribution < -0.4 is 0 Å². The van der Waals surface area contributed by atoms with E-state index in [2.05, 4.69) is 10.1 Å². The molecule has 1 heterocycles. The Kier molecular flexibility index (Phi) is 4.75. The second kappa shape index (κ2) is 5.85. The van der Waals surface area contributed by atoms with E-state index in [1.807, 2.05) is 13.8 Å². The topological polar surface area (TPSA) is 47.8 Å². The summed E-state index contributed by atoms with van der Waals surface area (Å²) in [7, 11) is 0. The van der Waals surface area contributed by atoms with Crippen LogP contribution in [0, 0.1) is 0 Å². The fourth-order valence-electron chi connectivity index (χ4n) is 1.36. The maximum Gasteiger partial charge on any atom is 0.140 e. The van der Waals surface area contributed by atoms with Gasteiger partial charge in [-0.25, -0.2) is 9.67 Å². The molecule has 0 spiro atoms. The lowest BCUT2D eigenvalue weighted by Gasteiger charge is -2.08. The van der Waals surface area contributed by atoms with E-state index >= 15 is 0 Å². The lowest BCUT2D eigenvalue weighted by Crippen LogP contribution is -2.13. The van der Waals surface area contributed by atoms with Gasteiger partial charge in [-0.2, -0.15) is 5.10 Å². The van der Waals surface area contributed by atoms with E-state index in [9.17, 15) is 4.79 Å². The first-order chi connectivity index (χ1) is 7.15. The fraction of sp³-hybridized carbons (Fsp3) is 0.700. The molecule has 84 valence electrons. The molecule has 0 unspecified atom stereocenters. The molecule has 1 aromatic rings. The predicted octanol–water partition coefficient (Wildman–Crippen LogP) is 1.99. The highest BCUT2D eigenvalue weighted by atomic mass is 35.5. The molecule has 4 nitrogen and oxygen atoms in total. The summed E-state index contributed by atoms with van der Waals surface area (Å²) in [6.45, 7) is 4.03. The summed E-state index contributed by atoms with van der Waals surface area (Å²) in [6, 6.07) is 0.239. The average molecular weight is 230 g/mol. The zero-order valence-corrected chi connectivity index (χ0v) is 9.87. The average Bonchev–Trinajstić information content (AvgIpc) is 2.62. The number of ketones is 1. The predicted molar refractivity (Wildman–Crippen MR) is 59.1 cm³/mol. The van der Waals surface area contributed by atoms with Gasteiger partial charge in [0.1, 0.15) is 17.9 Å². The maximum absolute atomic E-state index is 11.5. The van der Waals surface area contributed by atoms with Gasteiger partial charge in [0.2, 0.25) is 0 Å². The highest BCUT2D eigenvalue weighted by molar-refractivity contribution is 6.17. The zero-order valence-electron chi connectivity index (χ0n) is 9.11. The first-order valence-corrected chi connectivity index (χ1v) is 5.64. The van der Waals surface area contributed by atoms with Crippen LogP contribution in [0.5, 0.6) is 0 Å². The largest absolute Gasteiger partial charge is 0.299 e. The van der Waals surface area contributed by atoms with Gasteiger partial charge in [0.25, 0.3) is 0 Å². The van der Waals surface area contributed by atoms with E-state index in [4.69, 9.17) is 11.6 Å². The molecule has 15 heavy (non-hydrogen) atoms. The summed E-state index contributed by atoms with van der Waals surface area (Å²) in [5, 5.41) is 4.08. The molecular formula is C10H16ClN3O. The summed E-state index contributed by atoms with van der Waals surface area (Å²) >= 11 is 5.52. The third-order valence-electron chi connectivity index (χ3n) is 2.08. The Balaban J connectivity index is 2.56. The number of hydrogen-bond donors (Lipinski definition) is 0. The lowest BCUT2D eigenvalue weighted by atomic mass is 10.1. The van der Waals surface area contributed by atoms with Crippen molar-refractivity contribution in [2.24, 2.45) is 0 Å². The van der Waals surface area contributed by atoms with Crippen LogP contribution in [0.3, 0.4) is 0 Å². The first-order valence-electron chi connectivity index (χ1n) is 5.11. The summed E-state index contributed by atoms with van der Waals surface area (Å²) in [5.41, 5.74) is 0. The molecule has 0 fully saturated rings. The smallest absolute Gasteiger partial charge is 0.140 e. The molecule has 0 saturated carbocycles. The first kappa shape index (κ1) is 12.2. The number of hydrogen-bond acceptors (Lipinski definition) is 3. The molecule has 0 aliphatic rings. The number of alkyl halides is 1. The van der Waals surface area contributed by atoms with Gasteiger partial charge in [0, 0.05) is 18.3 Å². The van der Waals surface area contributed by atoms with Crippen molar-refractivity contribution >= 4 is 17.4 Å². The molecule has 0 N–H and O–H groups in total. The maximum atomic E-state index is 11.5. The van der Waals surface area contributed by atoms with Gasteiger partial charge in [-0.1, -0.05) is 0 Å². The van der Waals surface area contributed by atoms with Gasteiger partial charge in [-0.3, -0.25) is 4.79 Å². The second-order valence-electron chi connectivity index (χ2n) is 3.72. The molecule has 0 aliphatic carbocycles. The van der Waals surface area contributed by atoms with E-state index in [-0.39, 0.29) is 11.8 Å². The van der Waals surface area contributed by atoms with Crippen molar-refractivity contribution in [1.29, 1.82) is 0 Å². The standard InChI is InChI=1S/C10H16ClN3O/c1-8(2)14-10(12-7-13-14)6-9(15)4-3-5-11/h7-8H,3-6H2,1-2H3. The minimum absolute atomic E-state index is 0.172. The molecule has 1 aromatic heterocycles. The SMILES string of the molecule is CC(C)n1ncnc1CC(=O)CCCCl. The summed E-state index contributed by atoms with van der Waals surface area (Å²) in [6.07, 6.45) is 3.10. The Morgan fingerprint density at radius 2 is 2.33 bits per heavy atom. The van der Waals surface area contributed by atoms with Crippen LogP contribution in [0.25, 0.3) is 0 Å². The fourth-order valence-corrected chi connectivity index (χ4v) is 1.49. The number of aromatic nitrogens is 3. The van der Waals surface area contributed by atoms with Gasteiger partial charge < -0.3 is 0 Å². The van der Waals surface area contributed by atoms with E-state index < -0.39 is 0 Å². The van der Waals surface area contributed by atoms with Crippen LogP contribution in [0.15, 0.2) is 6.33 Å². The Hall–Kier alpha value is -0.900. The molecule has 0 aliphatic heterocycles. The molecule has 0 bridgehead atoms. The van der Waals surface area contributed by atoms with Gasteiger partial charge in [0.05, 0.1) is 6.42 Å². The van der Waals surface area contributed by atoms with Crippen molar-refractivity contribution in [2.45, 2.75) is 39.2 Å². The zero-order chi connectivity index (χ0) is 11.3. The highest BCUT2D eigenvalue weighted by Gasteiger charge is 2.11. The van der Waals surface area contributed by atoms with E-state index in [1.54, 1.807) is 4.68 Å². The highest BCUT2D eigenvalue weighted by Crippen LogP contribution is 2.07. The van der Waals surface area contributed by atoms with E-state index in [1.165, 1.54) is 6.33 Å². The number of nitrogens with zero attached hydrogens (tertiary/aromatic N) is 3. The number of rotatable bonds is 6. The third-order valence-corrected chi connectivity index (χ3v) is 2.35. The molecule has 0 atom stereocenters. The van der Waals surface area contributed by atoms with Gasteiger partial charge in [-0.05, 0) is 20.3 Å². The lowest BCUT2D eigenvalue weighted by molar-refractivity contribution is -0.118. The van der Waals surface area contributed by atoms with E-state index in [0.29, 0.717) is 18.7 Å². The molecule has 1 rings (SSSR count). The second-order valence-corrected chi connectivity index (χ2v) is 4.10. The number of carbonyl (C=O) groups is 1. The molecule has 0 aromatic carbocycles. The summed E-state index contributed by atoms with van der Waals surface area (Å²) < 4.78 is 1.78. The van der Waals surface area contributed by atoms with Crippen LogP contribution in [-0.2, 0) is 11.2 Å². The van der Waals surface area contributed by atoms with Crippen LogP contribution in [0.4, 0.5) is 0 Å². The molecule has 0 amide bonds. The minimum Gasteiger partial charge on any atom is -0.299 e. The normalized spacial score (nSPS) is 10.9. The van der Waals surface area contributed by atoms with Crippen LogP contribution in [0.1, 0.15) is 38.6 Å². The number of halogens is 1. The molecular weight excluding hydrogens is 214 g/mol. The van der Waals surface area contributed by atoms with E-state index in [0.717, 1.165) is 12.2 Å². The minimum atomic E-state index is 0.172. The van der Waals surface area contributed by atoms with Gasteiger partial charge in [-0.15, -0.1) is 11.6 Å². The van der Waals surface area contributed by atoms with Crippen molar-refractivity contribution in [3.63, 3.8) is 0 Å². The summed E-state index contributed by atoms with van der Waals surface area (Å²) in [4.78, 5) is 15.6. The summed E-state index contributed by atoms with van der Waals surface area (Å²) in [5.74, 6) is 1.44. The Bertz CT molecular complexity index is 322. The Morgan fingerprint density at radius 1 is 1.60 bits per heavy atom. The molecule has 0 radical (unpaired) electrons. The van der Waals surface area contributed by atoms with Crippen LogP contribution in [-0.4, -0.2) is 26.4 Å². The van der Waals surface area contributed by atoms with Crippen molar-refractivity contribution in [3.8, 4) is 0 Å². The molecule has 5 heteroatoms. The number of carbonyl (C=O) groups excluding carboxylic acids is 1. The van der Waals surface area contributed by atoms with Gasteiger partial charge in [0.15, 0.2) is 0 Å². The van der Waals surface area contributed by atoms with Crippen molar-refractivity contribution in [2.75, 3.05) is 5.88 Å². The van der Waals surface area contributed by atoms with Crippen molar-refractivity contribution < 1.29 is 4.79 Å².